The predicted molar refractivity (Wildman–Crippen MR) is 49.4 cm³/mol. The summed E-state index contributed by atoms with van der Waals surface area (Å²) in [5, 5.41) is 0. The molecule has 1 heterocycles. The number of nitrogen functional groups attached to an aromatic ring is 2. The van der Waals surface area contributed by atoms with E-state index >= 15 is 0 Å². The van der Waals surface area contributed by atoms with Crippen LogP contribution in [-0.2, 0) is 6.42 Å². The van der Waals surface area contributed by atoms with Crippen molar-refractivity contribution in [3.8, 4) is 0 Å². The van der Waals surface area contributed by atoms with Crippen molar-refractivity contribution >= 4 is 11.9 Å². The minimum Gasteiger partial charge on any atom is -0.292 e. The van der Waals surface area contributed by atoms with E-state index in [2.05, 4.69) is 25.8 Å². The normalized spacial score (nSPS) is 9.77. The maximum absolute atomic E-state index is 5.17. The van der Waals surface area contributed by atoms with E-state index < -0.39 is 0 Å². The lowest BCUT2D eigenvalue weighted by Gasteiger charge is -2.04. The molecule has 13 heavy (non-hydrogen) atoms. The van der Waals surface area contributed by atoms with Crippen molar-refractivity contribution < 1.29 is 0 Å². The van der Waals surface area contributed by atoms with Gasteiger partial charge in [-0.3, -0.25) is 10.9 Å². The molecule has 1 aromatic rings. The summed E-state index contributed by atoms with van der Waals surface area (Å²) in [6.07, 6.45) is 1.73. The Hall–Kier alpha value is -1.47. The first kappa shape index (κ1) is 9.62. The lowest BCUT2D eigenvalue weighted by atomic mass is 10.3. The van der Waals surface area contributed by atoms with Crippen LogP contribution in [0.3, 0.4) is 0 Å². The second-order valence-corrected chi connectivity index (χ2v) is 2.44. The van der Waals surface area contributed by atoms with Crippen LogP contribution in [0.2, 0.25) is 0 Å². The second kappa shape index (κ2) is 4.53. The van der Waals surface area contributed by atoms with Gasteiger partial charge in [0, 0.05) is 6.42 Å². The standard InChI is InChI=1S/C6H13N7/c1-2-3-4-9-5(12-7)11-6(10-4)13-8/h2-3,7-8H2,1H3,(H2,9,10,11,12,13). The van der Waals surface area contributed by atoms with Gasteiger partial charge in [-0.1, -0.05) is 6.92 Å². The van der Waals surface area contributed by atoms with Gasteiger partial charge in [-0.15, -0.1) is 0 Å². The molecule has 1 rings (SSSR count). The lowest BCUT2D eigenvalue weighted by Crippen LogP contribution is -2.17. The number of nitrogens with two attached hydrogens (primary N) is 2. The highest BCUT2D eigenvalue weighted by Crippen LogP contribution is 2.04. The summed E-state index contributed by atoms with van der Waals surface area (Å²) in [6, 6.07) is 0. The van der Waals surface area contributed by atoms with Crippen LogP contribution in [0.5, 0.6) is 0 Å². The second-order valence-electron chi connectivity index (χ2n) is 2.44. The Morgan fingerprint density at radius 2 is 1.62 bits per heavy atom. The van der Waals surface area contributed by atoms with E-state index in [4.69, 9.17) is 11.7 Å². The van der Waals surface area contributed by atoms with Crippen LogP contribution >= 0.6 is 0 Å². The number of nitrogens with zero attached hydrogens (tertiary/aromatic N) is 3. The van der Waals surface area contributed by atoms with Crippen LogP contribution < -0.4 is 22.5 Å². The van der Waals surface area contributed by atoms with Crippen molar-refractivity contribution in [2.45, 2.75) is 19.8 Å². The van der Waals surface area contributed by atoms with Crippen LogP contribution in [0.15, 0.2) is 0 Å². The minimum atomic E-state index is 0.311. The van der Waals surface area contributed by atoms with E-state index in [1.54, 1.807) is 0 Å². The zero-order valence-corrected chi connectivity index (χ0v) is 7.41. The zero-order chi connectivity index (χ0) is 9.68. The molecule has 0 aliphatic carbocycles. The Labute approximate surface area is 75.9 Å². The first-order valence-electron chi connectivity index (χ1n) is 3.98. The van der Waals surface area contributed by atoms with Gasteiger partial charge < -0.3 is 0 Å². The fourth-order valence-electron chi connectivity index (χ4n) is 0.884. The van der Waals surface area contributed by atoms with Gasteiger partial charge in [0.1, 0.15) is 5.82 Å². The fraction of sp³-hybridized carbons (Fsp3) is 0.500. The maximum atomic E-state index is 5.17. The predicted octanol–water partition coefficient (Wildman–Crippen LogP) is -0.605. The molecule has 0 fully saturated rings. The number of hydrogen-bond acceptors (Lipinski definition) is 7. The molecule has 7 nitrogen and oxygen atoms in total. The van der Waals surface area contributed by atoms with Crippen molar-refractivity contribution in [3.05, 3.63) is 5.82 Å². The molecule has 0 amide bonds. The smallest absolute Gasteiger partial charge is 0.242 e. The molecular formula is C6H13N7. The average molecular weight is 183 g/mol. The van der Waals surface area contributed by atoms with Crippen molar-refractivity contribution in [2.75, 3.05) is 10.9 Å². The van der Waals surface area contributed by atoms with Crippen LogP contribution in [0.4, 0.5) is 11.9 Å². The summed E-state index contributed by atoms with van der Waals surface area (Å²) in [4.78, 5) is 11.9. The van der Waals surface area contributed by atoms with E-state index in [9.17, 15) is 0 Å². The third-order valence-corrected chi connectivity index (χ3v) is 1.41. The zero-order valence-electron chi connectivity index (χ0n) is 7.41. The summed E-state index contributed by atoms with van der Waals surface area (Å²) >= 11 is 0. The van der Waals surface area contributed by atoms with Gasteiger partial charge in [0.15, 0.2) is 0 Å². The van der Waals surface area contributed by atoms with Crippen LogP contribution in [-0.4, -0.2) is 15.0 Å². The topological polar surface area (TPSA) is 115 Å². The summed E-state index contributed by atoms with van der Waals surface area (Å²) < 4.78 is 0. The van der Waals surface area contributed by atoms with Crippen molar-refractivity contribution in [1.29, 1.82) is 0 Å². The van der Waals surface area contributed by atoms with E-state index in [1.807, 2.05) is 6.92 Å². The molecule has 0 unspecified atom stereocenters. The molecule has 0 atom stereocenters. The molecule has 0 aromatic carbocycles. The minimum absolute atomic E-state index is 0.311. The summed E-state index contributed by atoms with van der Waals surface area (Å²) in [7, 11) is 0. The summed E-state index contributed by atoms with van der Waals surface area (Å²) in [6.45, 7) is 2.04. The number of hydrogen-bond donors (Lipinski definition) is 4. The molecule has 0 aliphatic rings. The Bertz CT molecular complexity index is 251. The Morgan fingerprint density at radius 3 is 2.00 bits per heavy atom. The van der Waals surface area contributed by atoms with Crippen LogP contribution in [0.1, 0.15) is 19.2 Å². The van der Waals surface area contributed by atoms with Crippen LogP contribution in [0.25, 0.3) is 0 Å². The first-order valence-corrected chi connectivity index (χ1v) is 3.98. The van der Waals surface area contributed by atoms with Gasteiger partial charge in [0.05, 0.1) is 0 Å². The largest absolute Gasteiger partial charge is 0.292 e. The molecule has 0 saturated carbocycles. The summed E-state index contributed by atoms with van der Waals surface area (Å²) in [5.41, 5.74) is 4.69. The Morgan fingerprint density at radius 1 is 1.08 bits per heavy atom. The number of anilines is 2. The Balaban J connectivity index is 2.93. The maximum Gasteiger partial charge on any atom is 0.242 e. The van der Waals surface area contributed by atoms with E-state index in [0.29, 0.717) is 17.7 Å². The van der Waals surface area contributed by atoms with Crippen molar-refractivity contribution in [2.24, 2.45) is 11.7 Å². The lowest BCUT2D eigenvalue weighted by molar-refractivity contribution is 0.818. The molecule has 72 valence electrons. The molecule has 0 aliphatic heterocycles. The van der Waals surface area contributed by atoms with Gasteiger partial charge in [-0.05, 0) is 6.42 Å². The van der Waals surface area contributed by atoms with E-state index in [0.717, 1.165) is 12.8 Å². The Kier molecular flexibility index (Phi) is 3.35. The van der Waals surface area contributed by atoms with E-state index in [-0.39, 0.29) is 0 Å². The van der Waals surface area contributed by atoms with E-state index in [1.165, 1.54) is 0 Å². The van der Waals surface area contributed by atoms with Gasteiger partial charge in [0.25, 0.3) is 0 Å². The highest BCUT2D eigenvalue weighted by atomic mass is 15.4. The molecule has 0 bridgehead atoms. The SMILES string of the molecule is CCCc1nc(NN)nc(NN)n1. The number of nitrogens with one attached hydrogen (secondary N) is 2. The first-order chi connectivity index (χ1) is 6.30. The molecular weight excluding hydrogens is 170 g/mol. The third kappa shape index (κ3) is 2.49. The fourth-order valence-corrected chi connectivity index (χ4v) is 0.884. The van der Waals surface area contributed by atoms with Crippen molar-refractivity contribution in [3.63, 3.8) is 0 Å². The number of rotatable bonds is 4. The number of hydrazine groups is 2. The average Bonchev–Trinajstić information content (AvgIpc) is 2.17. The van der Waals surface area contributed by atoms with Gasteiger partial charge in [-0.25, -0.2) is 11.7 Å². The highest BCUT2D eigenvalue weighted by molar-refractivity contribution is 5.32. The van der Waals surface area contributed by atoms with Gasteiger partial charge in [-0.2, -0.15) is 15.0 Å². The van der Waals surface area contributed by atoms with Gasteiger partial charge in [0.2, 0.25) is 11.9 Å². The molecule has 0 radical (unpaired) electrons. The molecule has 0 saturated heterocycles. The molecule has 0 spiro atoms. The third-order valence-electron chi connectivity index (χ3n) is 1.41. The number of aryl methyl sites for hydroxylation is 1. The quantitative estimate of drug-likeness (QED) is 0.363. The molecule has 1 aromatic heterocycles. The summed E-state index contributed by atoms with van der Waals surface area (Å²) in [5.74, 6) is 11.6. The van der Waals surface area contributed by atoms with Crippen molar-refractivity contribution in [1.82, 2.24) is 15.0 Å². The van der Waals surface area contributed by atoms with Crippen LogP contribution in [0, 0.1) is 0 Å². The van der Waals surface area contributed by atoms with Gasteiger partial charge >= 0.3 is 0 Å². The monoisotopic (exact) mass is 183 g/mol. The molecule has 6 N–H and O–H groups in total. The highest BCUT2D eigenvalue weighted by Gasteiger charge is 2.02. The molecule has 7 heteroatoms. The number of aromatic nitrogens is 3.